The van der Waals surface area contributed by atoms with E-state index in [4.69, 9.17) is 10.7 Å². The lowest BCUT2D eigenvalue weighted by Crippen LogP contribution is -2.34. The average Bonchev–Trinajstić information content (AvgIpc) is 3.13. The zero-order chi connectivity index (χ0) is 36.3. The number of aromatic carboxylic acids is 1. The van der Waals surface area contributed by atoms with Gasteiger partial charge in [0.25, 0.3) is 17.7 Å². The van der Waals surface area contributed by atoms with Crippen LogP contribution in [0.2, 0.25) is 0 Å². The molecule has 1 aliphatic heterocycles. The molecule has 52 heavy (non-hydrogen) atoms. The van der Waals surface area contributed by atoms with Crippen molar-refractivity contribution in [3.05, 3.63) is 141 Å². The first-order chi connectivity index (χ1) is 25.1. The monoisotopic (exact) mass is 686 g/mol. The Morgan fingerprint density at radius 1 is 0.673 bits per heavy atom. The molecule has 0 radical (unpaired) electrons. The lowest BCUT2D eigenvalue weighted by atomic mass is 9.81. The molecule has 5 N–H and O–H groups in total. The van der Waals surface area contributed by atoms with E-state index in [-0.39, 0.29) is 17.3 Å². The summed E-state index contributed by atoms with van der Waals surface area (Å²) in [5, 5.41) is 20.6. The Morgan fingerprint density at radius 3 is 1.92 bits per heavy atom. The summed E-state index contributed by atoms with van der Waals surface area (Å²) in [5.74, 6) is -2.44. The van der Waals surface area contributed by atoms with Gasteiger partial charge in [-0.1, -0.05) is 66.7 Å². The van der Waals surface area contributed by atoms with Crippen molar-refractivity contribution in [3.8, 4) is 0 Å². The third-order valence-corrected chi connectivity index (χ3v) is 10.3. The minimum atomic E-state index is -1.19. The van der Waals surface area contributed by atoms with Crippen molar-refractivity contribution >= 4 is 72.6 Å². The van der Waals surface area contributed by atoms with Crippen LogP contribution in [0.3, 0.4) is 0 Å². The number of carbonyl (C=O) groups excluding carboxylic acids is 3. The number of amides is 3. The number of hydrogen-bond acceptors (Lipinski definition) is 5. The number of aryl methyl sites for hydroxylation is 2. The molecule has 9 nitrogen and oxygen atoms in total. The summed E-state index contributed by atoms with van der Waals surface area (Å²) >= 11 is 0. The van der Waals surface area contributed by atoms with Gasteiger partial charge >= 0.3 is 5.97 Å². The third kappa shape index (κ3) is 5.21. The second-order valence-corrected chi connectivity index (χ2v) is 13.3. The number of amidine groups is 1. The number of carbonyl (C=O) groups is 4. The lowest BCUT2D eigenvalue weighted by Gasteiger charge is -2.23. The Bertz CT molecular complexity index is 2690. The molecule has 0 atom stereocenters. The van der Waals surface area contributed by atoms with Gasteiger partial charge < -0.3 is 16.2 Å². The van der Waals surface area contributed by atoms with Crippen LogP contribution in [0, 0.1) is 13.8 Å². The highest BCUT2D eigenvalue weighted by atomic mass is 16.4. The van der Waals surface area contributed by atoms with E-state index < -0.39 is 17.8 Å². The number of hydrogen-bond donors (Lipinski definition) is 4. The summed E-state index contributed by atoms with van der Waals surface area (Å²) in [4.78, 5) is 57.9. The molecule has 0 bridgehead atoms. The van der Waals surface area contributed by atoms with Crippen molar-refractivity contribution in [2.75, 3.05) is 13.1 Å². The number of carboxylic acid groups (broad SMARTS) is 1. The number of fused-ring (bicyclic) bond motifs is 2. The largest absolute Gasteiger partial charge is 0.478 e. The number of carboxylic acids is 1. The van der Waals surface area contributed by atoms with E-state index in [9.17, 15) is 24.3 Å². The van der Waals surface area contributed by atoms with E-state index in [0.717, 1.165) is 22.3 Å². The SMILES string of the molecule is Cc1ccccc1CCN=C(N)c1cc(C(=O)O)c2c3ccc4c5c(ccc(c6ccc(C(=O)NCCc7ccccc7C)c1c62)c53)C(=O)NC4=O. The highest BCUT2D eigenvalue weighted by molar-refractivity contribution is 6.41. The Hall–Kier alpha value is -6.61. The molecular weight excluding hydrogens is 652 g/mol. The number of nitrogens with two attached hydrogens (primary N) is 1. The van der Waals surface area contributed by atoms with Crippen molar-refractivity contribution < 1.29 is 24.3 Å². The fraction of sp³-hybridized carbons (Fsp3) is 0.140. The molecule has 0 fully saturated rings. The van der Waals surface area contributed by atoms with Crippen LogP contribution in [0.4, 0.5) is 0 Å². The van der Waals surface area contributed by atoms with Crippen molar-refractivity contribution in [2.45, 2.75) is 26.7 Å². The fourth-order valence-electron chi connectivity index (χ4n) is 7.74. The topological polar surface area (TPSA) is 151 Å². The first kappa shape index (κ1) is 32.6. The van der Waals surface area contributed by atoms with E-state index in [1.54, 1.807) is 30.3 Å². The summed E-state index contributed by atoms with van der Waals surface area (Å²) < 4.78 is 0. The highest BCUT2D eigenvalue weighted by Gasteiger charge is 2.30. The van der Waals surface area contributed by atoms with Crippen LogP contribution in [0.1, 0.15) is 69.2 Å². The first-order valence-electron chi connectivity index (χ1n) is 17.1. The first-order valence-corrected chi connectivity index (χ1v) is 17.1. The maximum Gasteiger partial charge on any atom is 0.336 e. The molecule has 1 heterocycles. The average molecular weight is 687 g/mol. The van der Waals surface area contributed by atoms with Gasteiger partial charge in [-0.3, -0.25) is 24.7 Å². The molecule has 256 valence electrons. The van der Waals surface area contributed by atoms with Gasteiger partial charge in [-0.15, -0.1) is 0 Å². The van der Waals surface area contributed by atoms with Crippen LogP contribution in [0.5, 0.6) is 0 Å². The molecule has 9 heteroatoms. The van der Waals surface area contributed by atoms with E-state index >= 15 is 0 Å². The van der Waals surface area contributed by atoms with Crippen LogP contribution < -0.4 is 16.4 Å². The van der Waals surface area contributed by atoms with E-state index in [1.165, 1.54) is 6.07 Å². The second-order valence-electron chi connectivity index (χ2n) is 13.3. The van der Waals surface area contributed by atoms with Gasteiger partial charge in [-0.05, 0) is 100 Å². The summed E-state index contributed by atoms with van der Waals surface area (Å²) in [6.07, 6.45) is 1.25. The molecule has 0 unspecified atom stereocenters. The number of aliphatic imine (C=N–C) groups is 1. The Balaban J connectivity index is 1.37. The number of nitrogens with zero attached hydrogens (tertiary/aromatic N) is 1. The van der Waals surface area contributed by atoms with E-state index in [0.29, 0.717) is 91.3 Å². The normalized spacial score (nSPS) is 13.0. The fourth-order valence-corrected chi connectivity index (χ4v) is 7.74. The molecule has 7 aromatic carbocycles. The van der Waals surface area contributed by atoms with Crippen molar-refractivity contribution in [2.24, 2.45) is 10.7 Å². The van der Waals surface area contributed by atoms with Crippen LogP contribution in [0.25, 0.3) is 43.1 Å². The van der Waals surface area contributed by atoms with Gasteiger partial charge in [0.05, 0.1) is 5.56 Å². The van der Waals surface area contributed by atoms with E-state index in [1.807, 2.05) is 68.4 Å². The summed E-state index contributed by atoms with van der Waals surface area (Å²) in [6, 6.07) is 27.9. The quantitative estimate of drug-likeness (QED) is 0.0429. The highest BCUT2D eigenvalue weighted by Crippen LogP contribution is 2.46. The molecule has 8 rings (SSSR count). The Morgan fingerprint density at radius 2 is 1.27 bits per heavy atom. The number of imide groups is 1. The molecular formula is C43H34N4O5. The minimum Gasteiger partial charge on any atom is -0.478 e. The smallest absolute Gasteiger partial charge is 0.336 e. The predicted molar refractivity (Wildman–Crippen MR) is 204 cm³/mol. The maximum absolute atomic E-state index is 14.1. The van der Waals surface area contributed by atoms with Crippen LogP contribution >= 0.6 is 0 Å². The molecule has 0 spiro atoms. The summed E-state index contributed by atoms with van der Waals surface area (Å²) in [7, 11) is 0. The van der Waals surface area contributed by atoms with E-state index in [2.05, 4.69) is 10.6 Å². The van der Waals surface area contributed by atoms with Crippen molar-refractivity contribution in [1.82, 2.24) is 10.6 Å². The van der Waals surface area contributed by atoms with Gasteiger partial charge in [0.1, 0.15) is 5.84 Å². The van der Waals surface area contributed by atoms with Gasteiger partial charge in [-0.2, -0.15) is 0 Å². The number of rotatable bonds is 9. The molecule has 0 saturated heterocycles. The van der Waals surface area contributed by atoms with Crippen molar-refractivity contribution in [3.63, 3.8) is 0 Å². The molecule has 1 aliphatic rings. The Labute approximate surface area is 298 Å². The third-order valence-electron chi connectivity index (χ3n) is 10.3. The maximum atomic E-state index is 14.1. The second kappa shape index (κ2) is 12.6. The van der Waals surface area contributed by atoms with Gasteiger partial charge in [0.2, 0.25) is 0 Å². The zero-order valence-electron chi connectivity index (χ0n) is 28.6. The summed E-state index contributed by atoms with van der Waals surface area (Å²) in [5.41, 5.74) is 12.6. The molecule has 3 amide bonds. The van der Waals surface area contributed by atoms with Crippen LogP contribution in [-0.2, 0) is 12.8 Å². The number of benzene rings is 7. The van der Waals surface area contributed by atoms with Crippen LogP contribution in [0.15, 0.2) is 96.0 Å². The number of nitrogens with one attached hydrogen (secondary N) is 2. The van der Waals surface area contributed by atoms with Gasteiger partial charge in [-0.25, -0.2) is 4.79 Å². The molecule has 7 aromatic rings. The van der Waals surface area contributed by atoms with Gasteiger partial charge in [0.15, 0.2) is 0 Å². The van der Waals surface area contributed by atoms with Crippen LogP contribution in [-0.4, -0.2) is 47.7 Å². The molecule has 0 aliphatic carbocycles. The standard InChI is InChI=1S/C43H34N4O5/c1-22-7-3-5-9-24(22)17-19-45-39(44)32-21-33(43(51)52)35-28-13-16-31-36-30(41(49)47-42(31)50)15-11-26(34(28)36)27-12-14-29(37(32)38(27)35)40(48)46-20-18-25-10-6-4-8-23(25)2/h3-16,21H,17-20H2,1-2H3,(H2,44,45)(H,46,48)(H,51,52)(H,47,49,50). The minimum absolute atomic E-state index is 0.0316. The van der Waals surface area contributed by atoms with Gasteiger partial charge in [0, 0.05) is 51.5 Å². The predicted octanol–water partition coefficient (Wildman–Crippen LogP) is 6.86. The summed E-state index contributed by atoms with van der Waals surface area (Å²) in [6.45, 7) is 4.80. The lowest BCUT2D eigenvalue weighted by molar-refractivity contribution is 0.0697. The molecule has 0 saturated carbocycles. The van der Waals surface area contributed by atoms with Crippen molar-refractivity contribution in [1.29, 1.82) is 0 Å². The Kier molecular flexibility index (Phi) is 7.91. The zero-order valence-corrected chi connectivity index (χ0v) is 28.6. The molecule has 0 aromatic heterocycles.